The van der Waals surface area contributed by atoms with Crippen LogP contribution in [0.3, 0.4) is 0 Å². The zero-order valence-electron chi connectivity index (χ0n) is 11.3. The third-order valence-electron chi connectivity index (χ3n) is 3.64. The fourth-order valence-corrected chi connectivity index (χ4v) is 2.87. The lowest BCUT2D eigenvalue weighted by Gasteiger charge is -2.37. The largest absolute Gasteiger partial charge is 0.378 e. The Hall–Kier alpha value is -1.30. The quantitative estimate of drug-likeness (QED) is 0.878. The maximum absolute atomic E-state index is 12.3. The number of β-amino-alcohol motifs (C(OH)–C–C–N with tert-alkyl or cyclic N) is 1. The zero-order valence-corrected chi connectivity index (χ0v) is 12.8. The van der Waals surface area contributed by atoms with E-state index in [9.17, 15) is 14.7 Å². The van der Waals surface area contributed by atoms with Crippen molar-refractivity contribution in [2.75, 3.05) is 13.1 Å². The molecule has 0 aliphatic carbocycles. The summed E-state index contributed by atoms with van der Waals surface area (Å²) in [7, 11) is 0. The monoisotopic (exact) mass is 330 g/mol. The Morgan fingerprint density at radius 2 is 2.10 bits per heavy atom. The van der Waals surface area contributed by atoms with Gasteiger partial charge < -0.3 is 15.7 Å². The third-order valence-corrected chi connectivity index (χ3v) is 4.23. The molecule has 0 aromatic heterocycles. The smallest absolute Gasteiger partial charge is 0.251 e. The third kappa shape index (κ3) is 3.67. The second kappa shape index (κ2) is 6.22. The molecule has 1 aromatic carbocycles. The van der Waals surface area contributed by atoms with Gasteiger partial charge in [-0.25, -0.2) is 0 Å². The molecule has 1 heterocycles. The van der Waals surface area contributed by atoms with Crippen LogP contribution in [-0.4, -0.2) is 40.5 Å². The number of primary amides is 1. The van der Waals surface area contributed by atoms with Gasteiger partial charge in [-0.1, -0.05) is 29.3 Å². The lowest BCUT2D eigenvalue weighted by Crippen LogP contribution is -2.57. The van der Waals surface area contributed by atoms with Gasteiger partial charge in [0.15, 0.2) is 5.60 Å². The van der Waals surface area contributed by atoms with E-state index in [1.54, 1.807) is 18.2 Å². The summed E-state index contributed by atoms with van der Waals surface area (Å²) in [5, 5.41) is 11.0. The Kier molecular flexibility index (Phi) is 4.76. The van der Waals surface area contributed by atoms with Crippen molar-refractivity contribution in [1.82, 2.24) is 4.90 Å². The van der Waals surface area contributed by atoms with Gasteiger partial charge in [0.1, 0.15) is 0 Å². The number of carbonyl (C=O) groups is 2. The molecule has 1 saturated heterocycles. The van der Waals surface area contributed by atoms with E-state index in [2.05, 4.69) is 0 Å². The number of hydrogen-bond acceptors (Lipinski definition) is 3. The van der Waals surface area contributed by atoms with Gasteiger partial charge in [0.2, 0.25) is 5.91 Å². The highest BCUT2D eigenvalue weighted by molar-refractivity contribution is 6.35. The van der Waals surface area contributed by atoms with Crippen molar-refractivity contribution < 1.29 is 14.7 Å². The number of nitrogens with two attached hydrogens (primary N) is 1. The van der Waals surface area contributed by atoms with Crippen LogP contribution in [0.25, 0.3) is 0 Å². The minimum absolute atomic E-state index is 0.0770. The second-order valence-electron chi connectivity index (χ2n) is 5.23. The summed E-state index contributed by atoms with van der Waals surface area (Å²) in [6.07, 6.45) is 0.887. The van der Waals surface area contributed by atoms with Gasteiger partial charge in [0, 0.05) is 16.6 Å². The molecule has 1 aliphatic heterocycles. The number of aliphatic hydroxyl groups is 1. The van der Waals surface area contributed by atoms with Crippen molar-refractivity contribution in [3.8, 4) is 0 Å². The number of halogens is 2. The predicted molar refractivity (Wildman–Crippen MR) is 80.1 cm³/mol. The standard InChI is InChI=1S/C14H16Cl2N2O3/c15-10-3-2-9(11(16)7-10)6-12(19)18-5-1-4-14(21,8-18)13(17)20/h2-3,7,21H,1,4-6,8H2,(H2,17,20)/t14-/m0/s1. The van der Waals surface area contributed by atoms with Gasteiger partial charge in [0.25, 0.3) is 5.91 Å². The summed E-state index contributed by atoms with van der Waals surface area (Å²) < 4.78 is 0. The number of likely N-dealkylation sites (tertiary alicyclic amines) is 1. The number of amides is 2. The van der Waals surface area contributed by atoms with E-state index in [1.807, 2.05) is 0 Å². The SMILES string of the molecule is NC(=O)[C@]1(O)CCCN(C(=O)Cc2ccc(Cl)cc2Cl)C1. The van der Waals surface area contributed by atoms with Crippen molar-refractivity contribution in [2.45, 2.75) is 24.9 Å². The van der Waals surface area contributed by atoms with E-state index in [-0.39, 0.29) is 25.3 Å². The summed E-state index contributed by atoms with van der Waals surface area (Å²) in [5.41, 5.74) is 4.21. The van der Waals surface area contributed by atoms with E-state index >= 15 is 0 Å². The van der Waals surface area contributed by atoms with E-state index in [0.29, 0.717) is 28.6 Å². The highest BCUT2D eigenvalue weighted by Crippen LogP contribution is 2.24. The molecule has 7 heteroatoms. The van der Waals surface area contributed by atoms with Gasteiger partial charge in [-0.15, -0.1) is 0 Å². The molecular formula is C14H16Cl2N2O3. The molecular weight excluding hydrogens is 315 g/mol. The molecule has 0 spiro atoms. The number of carbonyl (C=O) groups excluding carboxylic acids is 2. The maximum Gasteiger partial charge on any atom is 0.251 e. The van der Waals surface area contributed by atoms with Gasteiger partial charge in [-0.2, -0.15) is 0 Å². The molecule has 0 radical (unpaired) electrons. The first-order valence-corrected chi connectivity index (χ1v) is 7.31. The number of nitrogens with zero attached hydrogens (tertiary/aromatic N) is 1. The fraction of sp³-hybridized carbons (Fsp3) is 0.429. The molecule has 1 aromatic rings. The van der Waals surface area contributed by atoms with Crippen LogP contribution in [-0.2, 0) is 16.0 Å². The molecule has 0 bridgehead atoms. The van der Waals surface area contributed by atoms with Gasteiger partial charge >= 0.3 is 0 Å². The molecule has 0 unspecified atom stereocenters. The van der Waals surface area contributed by atoms with Gasteiger partial charge in [0.05, 0.1) is 13.0 Å². The first-order chi connectivity index (χ1) is 9.82. The molecule has 5 nitrogen and oxygen atoms in total. The molecule has 3 N–H and O–H groups in total. The van der Waals surface area contributed by atoms with Crippen molar-refractivity contribution in [3.05, 3.63) is 33.8 Å². The molecule has 1 fully saturated rings. The van der Waals surface area contributed by atoms with Crippen LogP contribution < -0.4 is 5.73 Å². The van der Waals surface area contributed by atoms with Crippen LogP contribution in [0.5, 0.6) is 0 Å². The topological polar surface area (TPSA) is 83.6 Å². The number of hydrogen-bond donors (Lipinski definition) is 2. The number of benzene rings is 1. The molecule has 2 rings (SSSR count). The number of piperidine rings is 1. The summed E-state index contributed by atoms with van der Waals surface area (Å²) in [5.74, 6) is -1.01. The Balaban J connectivity index is 2.08. The van der Waals surface area contributed by atoms with Crippen LogP contribution in [0.4, 0.5) is 0 Å². The summed E-state index contributed by atoms with van der Waals surface area (Å²) in [4.78, 5) is 25.0. The van der Waals surface area contributed by atoms with Crippen LogP contribution in [0.1, 0.15) is 18.4 Å². The molecule has 0 saturated carbocycles. The highest BCUT2D eigenvalue weighted by Gasteiger charge is 2.40. The van der Waals surface area contributed by atoms with Crippen molar-refractivity contribution in [1.29, 1.82) is 0 Å². The zero-order chi connectivity index (χ0) is 15.6. The van der Waals surface area contributed by atoms with Gasteiger partial charge in [-0.05, 0) is 30.5 Å². The van der Waals surface area contributed by atoms with Crippen LogP contribution in [0.2, 0.25) is 10.0 Å². The van der Waals surface area contributed by atoms with Crippen LogP contribution in [0, 0.1) is 0 Å². The molecule has 21 heavy (non-hydrogen) atoms. The average Bonchev–Trinajstić information content (AvgIpc) is 2.41. The Morgan fingerprint density at radius 3 is 2.71 bits per heavy atom. The molecule has 1 atom stereocenters. The Labute approximate surface area is 132 Å². The molecule has 1 aliphatic rings. The summed E-state index contributed by atoms with van der Waals surface area (Å²) in [6, 6.07) is 4.92. The summed E-state index contributed by atoms with van der Waals surface area (Å²) >= 11 is 11.9. The normalized spacial score (nSPS) is 22.1. The van der Waals surface area contributed by atoms with Gasteiger partial charge in [-0.3, -0.25) is 9.59 Å². The fourth-order valence-electron chi connectivity index (χ4n) is 2.39. The first kappa shape index (κ1) is 16.1. The van der Waals surface area contributed by atoms with Crippen molar-refractivity contribution in [3.63, 3.8) is 0 Å². The lowest BCUT2D eigenvalue weighted by molar-refractivity contribution is -0.148. The van der Waals surface area contributed by atoms with Crippen molar-refractivity contribution >= 4 is 35.0 Å². The van der Waals surface area contributed by atoms with E-state index in [0.717, 1.165) is 0 Å². The van der Waals surface area contributed by atoms with Crippen LogP contribution in [0.15, 0.2) is 18.2 Å². The van der Waals surface area contributed by atoms with E-state index in [1.165, 1.54) is 4.90 Å². The second-order valence-corrected chi connectivity index (χ2v) is 6.07. The average molecular weight is 331 g/mol. The minimum Gasteiger partial charge on any atom is -0.378 e. The summed E-state index contributed by atoms with van der Waals surface area (Å²) in [6.45, 7) is 0.409. The van der Waals surface area contributed by atoms with Crippen molar-refractivity contribution in [2.24, 2.45) is 5.73 Å². The maximum atomic E-state index is 12.3. The Bertz CT molecular complexity index is 579. The molecule has 114 valence electrons. The number of rotatable bonds is 3. The van der Waals surface area contributed by atoms with Crippen LogP contribution >= 0.6 is 23.2 Å². The lowest BCUT2D eigenvalue weighted by atomic mass is 9.92. The predicted octanol–water partition coefficient (Wildman–Crippen LogP) is 1.37. The Morgan fingerprint density at radius 1 is 1.38 bits per heavy atom. The highest BCUT2D eigenvalue weighted by atomic mass is 35.5. The minimum atomic E-state index is -1.64. The molecule has 2 amide bonds. The van der Waals surface area contributed by atoms with E-state index in [4.69, 9.17) is 28.9 Å². The first-order valence-electron chi connectivity index (χ1n) is 6.56. The van der Waals surface area contributed by atoms with E-state index < -0.39 is 11.5 Å².